The van der Waals surface area contributed by atoms with Gasteiger partial charge >= 0.3 is 20.2 Å². The third kappa shape index (κ3) is 6.53. The number of nitriles is 2. The minimum Gasteiger partial charge on any atom is -0.263 e. The molecule has 0 aliphatic carbocycles. The van der Waals surface area contributed by atoms with Crippen molar-refractivity contribution in [3.05, 3.63) is 95.1 Å². The molecule has 184 valence electrons. The summed E-state index contributed by atoms with van der Waals surface area (Å²) in [5.41, 5.74) is 3.91. The number of benzene rings is 3. The molecule has 0 radical (unpaired) electrons. The van der Waals surface area contributed by atoms with E-state index in [0.717, 1.165) is 11.1 Å². The van der Waals surface area contributed by atoms with E-state index < -0.39 is 26.3 Å². The van der Waals surface area contributed by atoms with Crippen molar-refractivity contribution < 1.29 is 25.4 Å². The standard InChI is InChI=1S/C24H20N4O6S2/c1-17-6-10-21(11-7-17)35(29,30)33-27-23(15-25)19-4-3-5-20(14-19)24(16-26)28-34-36(31,32)22-12-8-18(2)9-13-22/h3-14,23,27H,1-2H3/b28-24-. The highest BCUT2D eigenvalue weighted by Crippen LogP contribution is 2.19. The van der Waals surface area contributed by atoms with Gasteiger partial charge in [0.1, 0.15) is 17.0 Å². The first kappa shape index (κ1) is 26.5. The van der Waals surface area contributed by atoms with Crippen molar-refractivity contribution in [2.45, 2.75) is 29.7 Å². The maximum atomic E-state index is 12.4. The molecule has 3 rings (SSSR count). The predicted molar refractivity (Wildman–Crippen MR) is 129 cm³/mol. The first-order valence-corrected chi connectivity index (χ1v) is 13.1. The Labute approximate surface area is 209 Å². The second-order valence-corrected chi connectivity index (χ2v) is 10.6. The minimum atomic E-state index is -4.27. The van der Waals surface area contributed by atoms with Gasteiger partial charge in [0.2, 0.25) is 0 Å². The number of hydrogen-bond acceptors (Lipinski definition) is 10. The molecule has 1 unspecified atom stereocenters. The largest absolute Gasteiger partial charge is 0.358 e. The molecule has 3 aromatic carbocycles. The molecular weight excluding hydrogens is 504 g/mol. The Morgan fingerprint density at radius 2 is 1.42 bits per heavy atom. The monoisotopic (exact) mass is 524 g/mol. The van der Waals surface area contributed by atoms with Gasteiger partial charge in [0.15, 0.2) is 5.71 Å². The fraction of sp³-hybridized carbons (Fsp3) is 0.125. The van der Waals surface area contributed by atoms with Crippen LogP contribution in [0.2, 0.25) is 0 Å². The minimum absolute atomic E-state index is 0.100. The second kappa shape index (κ2) is 11.1. The first-order chi connectivity index (χ1) is 17.1. The summed E-state index contributed by atoms with van der Waals surface area (Å²) in [5, 5.41) is 22.5. The number of hydrogen-bond donors (Lipinski definition) is 1. The van der Waals surface area contributed by atoms with Crippen LogP contribution in [0.4, 0.5) is 0 Å². The molecule has 0 aliphatic rings. The molecule has 0 aliphatic heterocycles. The maximum Gasteiger partial charge on any atom is 0.358 e. The van der Waals surface area contributed by atoms with Gasteiger partial charge in [-0.15, -0.1) is 0 Å². The summed E-state index contributed by atoms with van der Waals surface area (Å²) in [6, 6.07) is 20.0. The number of nitrogens with zero attached hydrogens (tertiary/aromatic N) is 3. The van der Waals surface area contributed by atoms with E-state index in [9.17, 15) is 27.4 Å². The fourth-order valence-corrected chi connectivity index (χ4v) is 4.39. The Kier molecular flexibility index (Phi) is 8.19. The Morgan fingerprint density at radius 1 is 0.861 bits per heavy atom. The van der Waals surface area contributed by atoms with Crippen LogP contribution >= 0.6 is 0 Å². The van der Waals surface area contributed by atoms with Crippen molar-refractivity contribution in [3.8, 4) is 12.1 Å². The van der Waals surface area contributed by atoms with E-state index >= 15 is 0 Å². The number of rotatable bonds is 9. The lowest BCUT2D eigenvalue weighted by molar-refractivity contribution is 0.184. The third-order valence-corrected chi connectivity index (χ3v) is 7.14. The molecule has 1 N–H and O–H groups in total. The summed E-state index contributed by atoms with van der Waals surface area (Å²) in [5.74, 6) is 0. The van der Waals surface area contributed by atoms with Gasteiger partial charge < -0.3 is 0 Å². The molecule has 0 heterocycles. The zero-order chi connectivity index (χ0) is 26.3. The lowest BCUT2D eigenvalue weighted by atomic mass is 10.0. The lowest BCUT2D eigenvalue weighted by Crippen LogP contribution is -2.24. The Balaban J connectivity index is 1.79. The summed E-state index contributed by atoms with van der Waals surface area (Å²) in [6.45, 7) is 3.60. The molecule has 0 spiro atoms. The fourth-order valence-electron chi connectivity index (χ4n) is 2.87. The number of oxime groups is 1. The van der Waals surface area contributed by atoms with Crippen LogP contribution in [0.15, 0.2) is 87.7 Å². The summed E-state index contributed by atoms with van der Waals surface area (Å²) in [6.07, 6.45) is 0. The number of hydroxylamine groups is 1. The first-order valence-electron chi connectivity index (χ1n) is 10.3. The predicted octanol–water partition coefficient (Wildman–Crippen LogP) is 3.41. The molecule has 12 heteroatoms. The van der Waals surface area contributed by atoms with Crippen molar-refractivity contribution in [1.29, 1.82) is 10.5 Å². The topological polar surface area (TPSA) is 159 Å². The smallest absolute Gasteiger partial charge is 0.263 e. The zero-order valence-corrected chi connectivity index (χ0v) is 20.7. The van der Waals surface area contributed by atoms with Gasteiger partial charge in [0, 0.05) is 5.56 Å². The van der Waals surface area contributed by atoms with Crippen LogP contribution in [0.3, 0.4) is 0 Å². The van der Waals surface area contributed by atoms with Gasteiger partial charge in [-0.3, -0.25) is 4.28 Å². The van der Waals surface area contributed by atoms with Crippen LogP contribution in [0, 0.1) is 36.5 Å². The van der Waals surface area contributed by atoms with Gasteiger partial charge in [-0.05, 0) is 49.7 Å². The van der Waals surface area contributed by atoms with Gasteiger partial charge in [-0.25, -0.2) is 0 Å². The molecule has 10 nitrogen and oxygen atoms in total. The molecule has 0 aromatic heterocycles. The van der Waals surface area contributed by atoms with Gasteiger partial charge in [-0.2, -0.15) is 37.1 Å². The average molecular weight is 525 g/mol. The normalized spacial score (nSPS) is 12.8. The average Bonchev–Trinajstić information content (AvgIpc) is 2.85. The lowest BCUT2D eigenvalue weighted by Gasteiger charge is -2.13. The van der Waals surface area contributed by atoms with E-state index in [1.54, 1.807) is 44.2 Å². The summed E-state index contributed by atoms with van der Waals surface area (Å²) in [4.78, 5) is -0.236. The molecule has 36 heavy (non-hydrogen) atoms. The number of aryl methyl sites for hydroxylation is 2. The van der Waals surface area contributed by atoms with Crippen molar-refractivity contribution in [1.82, 2.24) is 5.48 Å². The molecule has 0 amide bonds. The van der Waals surface area contributed by atoms with Crippen molar-refractivity contribution in [3.63, 3.8) is 0 Å². The van der Waals surface area contributed by atoms with E-state index in [0.29, 0.717) is 0 Å². The second-order valence-electron chi connectivity index (χ2n) is 7.55. The molecule has 1 atom stereocenters. The van der Waals surface area contributed by atoms with E-state index in [1.807, 2.05) is 6.07 Å². The van der Waals surface area contributed by atoms with Gasteiger partial charge in [0.05, 0.1) is 11.0 Å². The molecule has 0 saturated heterocycles. The van der Waals surface area contributed by atoms with Crippen LogP contribution in [-0.2, 0) is 28.8 Å². The highest BCUT2D eigenvalue weighted by Gasteiger charge is 2.21. The van der Waals surface area contributed by atoms with Gasteiger partial charge in [0.25, 0.3) is 0 Å². The van der Waals surface area contributed by atoms with E-state index in [1.165, 1.54) is 48.5 Å². The van der Waals surface area contributed by atoms with Crippen LogP contribution in [0.25, 0.3) is 0 Å². The molecule has 3 aromatic rings. The zero-order valence-electron chi connectivity index (χ0n) is 19.1. The third-order valence-electron chi connectivity index (χ3n) is 4.85. The van der Waals surface area contributed by atoms with Crippen molar-refractivity contribution in [2.24, 2.45) is 5.16 Å². The van der Waals surface area contributed by atoms with E-state index in [2.05, 4.69) is 10.6 Å². The van der Waals surface area contributed by atoms with Crippen LogP contribution in [-0.4, -0.2) is 22.5 Å². The summed E-state index contributed by atoms with van der Waals surface area (Å²) in [7, 11) is -8.47. The van der Waals surface area contributed by atoms with Crippen LogP contribution < -0.4 is 5.48 Å². The van der Waals surface area contributed by atoms with Gasteiger partial charge in [-0.1, -0.05) is 58.7 Å². The summed E-state index contributed by atoms with van der Waals surface area (Å²) >= 11 is 0. The molecule has 0 fully saturated rings. The molecular formula is C24H20N4O6S2. The van der Waals surface area contributed by atoms with E-state index in [-0.39, 0.29) is 26.6 Å². The highest BCUT2D eigenvalue weighted by atomic mass is 32.2. The van der Waals surface area contributed by atoms with Crippen molar-refractivity contribution in [2.75, 3.05) is 0 Å². The SMILES string of the molecule is Cc1ccc(S(=O)(=O)O/N=C(/C#N)c2cccc(C(C#N)NOS(=O)(=O)c3ccc(C)cc3)c2)cc1. The summed E-state index contributed by atoms with van der Waals surface area (Å²) < 4.78 is 59.1. The number of nitrogens with one attached hydrogen (secondary N) is 1. The van der Waals surface area contributed by atoms with Crippen molar-refractivity contribution >= 4 is 25.9 Å². The van der Waals surface area contributed by atoms with Crippen LogP contribution in [0.1, 0.15) is 28.3 Å². The highest BCUT2D eigenvalue weighted by molar-refractivity contribution is 7.87. The molecule has 0 bridgehead atoms. The molecule has 0 saturated carbocycles. The quantitative estimate of drug-likeness (QED) is 0.327. The Morgan fingerprint density at radius 3 is 1.94 bits per heavy atom. The van der Waals surface area contributed by atoms with E-state index in [4.69, 9.17) is 8.57 Å². The van der Waals surface area contributed by atoms with Crippen LogP contribution in [0.5, 0.6) is 0 Å². The Bertz CT molecular complexity index is 1570. The Hall–Kier alpha value is -4.07. The maximum absolute atomic E-state index is 12.4.